The van der Waals surface area contributed by atoms with Gasteiger partial charge in [-0.25, -0.2) is 4.39 Å². The number of nitrogens with zero attached hydrogens (tertiary/aromatic N) is 1. The van der Waals surface area contributed by atoms with Crippen molar-refractivity contribution in [2.24, 2.45) is 0 Å². The lowest BCUT2D eigenvalue weighted by molar-refractivity contribution is -0.137. The summed E-state index contributed by atoms with van der Waals surface area (Å²) in [6.45, 7) is 2.05. The summed E-state index contributed by atoms with van der Waals surface area (Å²) < 4.78 is 13.2. The summed E-state index contributed by atoms with van der Waals surface area (Å²) in [5.74, 6) is -1.04. The normalized spacial score (nSPS) is 13.4. The van der Waals surface area contributed by atoms with Gasteiger partial charge in [-0.2, -0.15) is 0 Å². The molecule has 1 aliphatic heterocycles. The van der Waals surface area contributed by atoms with Crippen LogP contribution in [0.2, 0.25) is 0 Å². The number of carbonyl (C=O) groups excluding carboxylic acids is 2. The Kier molecular flexibility index (Phi) is 5.45. The van der Waals surface area contributed by atoms with E-state index in [0.717, 1.165) is 11.1 Å². The van der Waals surface area contributed by atoms with Gasteiger partial charge in [0, 0.05) is 29.2 Å². The first kappa shape index (κ1) is 20.2. The molecule has 2 amide bonds. The number of amides is 2. The van der Waals surface area contributed by atoms with Crippen molar-refractivity contribution in [3.63, 3.8) is 0 Å². The lowest BCUT2D eigenvalue weighted by Crippen LogP contribution is -2.30. The Morgan fingerprint density at radius 1 is 1.03 bits per heavy atom. The van der Waals surface area contributed by atoms with Crippen molar-refractivity contribution in [3.05, 3.63) is 101 Å². The fourth-order valence-electron chi connectivity index (χ4n) is 3.55. The highest BCUT2D eigenvalue weighted by atomic mass is 19.1. The molecule has 154 valence electrons. The van der Waals surface area contributed by atoms with Crippen LogP contribution in [0.25, 0.3) is 5.57 Å². The highest BCUT2D eigenvalue weighted by Gasteiger charge is 2.32. The van der Waals surface area contributed by atoms with E-state index in [4.69, 9.17) is 5.41 Å². The van der Waals surface area contributed by atoms with Crippen molar-refractivity contribution in [2.45, 2.75) is 13.5 Å². The topological polar surface area (TPSA) is 73.3 Å². The average molecular weight is 413 g/mol. The molecule has 0 radical (unpaired) electrons. The predicted molar refractivity (Wildman–Crippen MR) is 119 cm³/mol. The first-order chi connectivity index (χ1) is 15.0. The zero-order valence-electron chi connectivity index (χ0n) is 16.9. The molecule has 0 fully saturated rings. The van der Waals surface area contributed by atoms with Crippen LogP contribution in [0.4, 0.5) is 15.8 Å². The summed E-state index contributed by atoms with van der Waals surface area (Å²) in [5.41, 5.74) is 4.46. The third-order valence-electron chi connectivity index (χ3n) is 5.16. The molecule has 0 atom stereocenters. The molecule has 3 aromatic rings. The number of anilines is 2. The average Bonchev–Trinajstić information content (AvgIpc) is 3.04. The zero-order valence-corrected chi connectivity index (χ0v) is 16.9. The second kappa shape index (κ2) is 8.36. The van der Waals surface area contributed by atoms with E-state index in [1.807, 2.05) is 43.3 Å². The lowest BCUT2D eigenvalue weighted by Gasteiger charge is -2.17. The fraction of sp³-hybridized carbons (Fsp3) is 0.0800. The zero-order chi connectivity index (χ0) is 22.0. The fourth-order valence-corrected chi connectivity index (χ4v) is 3.55. The SMILES string of the molecule is Cc1cc(Nc2ccc(F)cc2)c(C=N)cc1C1=CC(=O)N(Cc2ccccc2)C1=O. The van der Waals surface area contributed by atoms with Gasteiger partial charge < -0.3 is 10.7 Å². The van der Waals surface area contributed by atoms with Crippen LogP contribution in [-0.2, 0) is 16.1 Å². The molecule has 4 rings (SSSR count). The summed E-state index contributed by atoms with van der Waals surface area (Å²) >= 11 is 0. The standard InChI is InChI=1S/C25H20FN3O2/c1-16-11-23(28-20-9-7-19(26)8-10-20)18(14-27)12-21(16)22-13-24(30)29(25(22)31)15-17-5-3-2-4-6-17/h2-14,27-28H,15H2,1H3. The van der Waals surface area contributed by atoms with Gasteiger partial charge in [-0.3, -0.25) is 14.5 Å². The van der Waals surface area contributed by atoms with Gasteiger partial charge in [0.15, 0.2) is 0 Å². The van der Waals surface area contributed by atoms with E-state index in [1.54, 1.807) is 18.2 Å². The second-order valence-electron chi connectivity index (χ2n) is 7.30. The summed E-state index contributed by atoms with van der Waals surface area (Å²) in [6, 6.07) is 18.8. The molecule has 31 heavy (non-hydrogen) atoms. The molecule has 0 bridgehead atoms. The minimum Gasteiger partial charge on any atom is -0.355 e. The predicted octanol–water partition coefficient (Wildman–Crippen LogP) is 4.83. The number of halogens is 1. The highest BCUT2D eigenvalue weighted by Crippen LogP contribution is 2.31. The minimum absolute atomic E-state index is 0.208. The van der Waals surface area contributed by atoms with Crippen molar-refractivity contribution < 1.29 is 14.0 Å². The minimum atomic E-state index is -0.355. The van der Waals surface area contributed by atoms with E-state index in [9.17, 15) is 14.0 Å². The molecule has 5 nitrogen and oxygen atoms in total. The molecule has 1 heterocycles. The van der Waals surface area contributed by atoms with Crippen LogP contribution in [0.3, 0.4) is 0 Å². The van der Waals surface area contributed by atoms with E-state index >= 15 is 0 Å². The molecular formula is C25H20FN3O2. The summed E-state index contributed by atoms with van der Waals surface area (Å²) in [7, 11) is 0. The Hall–Kier alpha value is -4.06. The first-order valence-corrected chi connectivity index (χ1v) is 9.76. The Balaban J connectivity index is 1.63. The number of aryl methyl sites for hydroxylation is 1. The van der Waals surface area contributed by atoms with Gasteiger partial charge in [0.1, 0.15) is 5.82 Å². The van der Waals surface area contributed by atoms with Crippen molar-refractivity contribution in [1.29, 1.82) is 5.41 Å². The lowest BCUT2D eigenvalue weighted by atomic mass is 9.96. The van der Waals surface area contributed by atoms with Gasteiger partial charge in [0.05, 0.1) is 12.1 Å². The van der Waals surface area contributed by atoms with Crippen molar-refractivity contribution in [2.75, 3.05) is 5.32 Å². The third-order valence-corrected chi connectivity index (χ3v) is 5.16. The first-order valence-electron chi connectivity index (χ1n) is 9.76. The van der Waals surface area contributed by atoms with Gasteiger partial charge in [-0.1, -0.05) is 30.3 Å². The van der Waals surface area contributed by atoms with E-state index in [-0.39, 0.29) is 24.2 Å². The molecule has 0 saturated heterocycles. The van der Waals surface area contributed by atoms with Crippen molar-refractivity contribution in [1.82, 2.24) is 4.90 Å². The van der Waals surface area contributed by atoms with Gasteiger partial charge in [-0.05, 0) is 60.0 Å². The number of rotatable bonds is 6. The van der Waals surface area contributed by atoms with Crippen LogP contribution in [0.5, 0.6) is 0 Å². The molecule has 0 spiro atoms. The van der Waals surface area contributed by atoms with Crippen molar-refractivity contribution >= 4 is 35.0 Å². The van der Waals surface area contributed by atoms with E-state index in [2.05, 4.69) is 5.32 Å². The second-order valence-corrected chi connectivity index (χ2v) is 7.30. The van der Waals surface area contributed by atoms with Crippen LogP contribution < -0.4 is 5.32 Å². The highest BCUT2D eigenvalue weighted by molar-refractivity contribution is 6.33. The van der Waals surface area contributed by atoms with Gasteiger partial charge in [0.25, 0.3) is 11.8 Å². The molecule has 2 N–H and O–H groups in total. The van der Waals surface area contributed by atoms with E-state index < -0.39 is 0 Å². The Morgan fingerprint density at radius 3 is 2.42 bits per heavy atom. The largest absolute Gasteiger partial charge is 0.355 e. The van der Waals surface area contributed by atoms with Crippen LogP contribution >= 0.6 is 0 Å². The van der Waals surface area contributed by atoms with E-state index in [1.165, 1.54) is 29.3 Å². The summed E-state index contributed by atoms with van der Waals surface area (Å²) in [5, 5.41) is 11.0. The quantitative estimate of drug-likeness (QED) is 0.449. The number of benzene rings is 3. The molecule has 3 aromatic carbocycles. The van der Waals surface area contributed by atoms with Crippen LogP contribution in [-0.4, -0.2) is 22.9 Å². The van der Waals surface area contributed by atoms with Gasteiger partial charge in [-0.15, -0.1) is 0 Å². The van der Waals surface area contributed by atoms with Crippen LogP contribution in [0, 0.1) is 18.2 Å². The molecule has 0 saturated carbocycles. The summed E-state index contributed by atoms with van der Waals surface area (Å²) in [4.78, 5) is 26.7. The molecular weight excluding hydrogens is 393 g/mol. The van der Waals surface area contributed by atoms with Gasteiger partial charge >= 0.3 is 0 Å². The molecule has 6 heteroatoms. The van der Waals surface area contributed by atoms with Crippen LogP contribution in [0.15, 0.2) is 72.8 Å². The maximum atomic E-state index is 13.2. The molecule has 0 aliphatic carbocycles. The Bertz CT molecular complexity index is 1200. The number of imide groups is 1. The maximum absolute atomic E-state index is 13.2. The Labute approximate surface area is 179 Å². The molecule has 1 aliphatic rings. The third kappa shape index (κ3) is 4.14. The number of hydrogen-bond donors (Lipinski definition) is 2. The number of hydrogen-bond acceptors (Lipinski definition) is 4. The smallest absolute Gasteiger partial charge is 0.261 e. The van der Waals surface area contributed by atoms with Crippen molar-refractivity contribution in [3.8, 4) is 0 Å². The Morgan fingerprint density at radius 2 is 1.74 bits per heavy atom. The maximum Gasteiger partial charge on any atom is 0.261 e. The molecule has 0 unspecified atom stereocenters. The van der Waals surface area contributed by atoms with Gasteiger partial charge in [0.2, 0.25) is 0 Å². The number of carbonyl (C=O) groups is 2. The van der Waals surface area contributed by atoms with Crippen LogP contribution in [0.1, 0.15) is 22.3 Å². The molecule has 0 aromatic heterocycles. The monoisotopic (exact) mass is 413 g/mol. The number of nitrogens with one attached hydrogen (secondary N) is 2. The summed E-state index contributed by atoms with van der Waals surface area (Å²) in [6.07, 6.45) is 2.53. The van der Waals surface area contributed by atoms with E-state index in [0.29, 0.717) is 28.1 Å².